The molecule has 6 heteroatoms. The monoisotopic (exact) mass is 332 g/mol. The number of hydrogen-bond acceptors (Lipinski definition) is 4. The maximum absolute atomic E-state index is 12.2. The minimum absolute atomic E-state index is 0.0599. The molecular formula is C18H28N4O2. The molecular weight excluding hydrogens is 304 g/mol. The lowest BCUT2D eigenvalue weighted by Crippen LogP contribution is -2.41. The zero-order chi connectivity index (χ0) is 17.2. The maximum Gasteiger partial charge on any atom is 0.318 e. The van der Waals surface area contributed by atoms with E-state index >= 15 is 0 Å². The van der Waals surface area contributed by atoms with E-state index in [9.17, 15) is 4.79 Å². The summed E-state index contributed by atoms with van der Waals surface area (Å²) in [5, 5.41) is 11.9. The van der Waals surface area contributed by atoms with Crippen LogP contribution in [-0.4, -0.2) is 53.8 Å². The summed E-state index contributed by atoms with van der Waals surface area (Å²) in [6, 6.07) is 3.78. The number of carbonyl (C=O) groups excluding carboxylic acids is 1. The molecule has 2 N–H and O–H groups in total. The fourth-order valence-corrected chi connectivity index (χ4v) is 2.89. The highest BCUT2D eigenvalue weighted by atomic mass is 16.3. The molecule has 2 heterocycles. The van der Waals surface area contributed by atoms with Gasteiger partial charge >= 0.3 is 6.03 Å². The van der Waals surface area contributed by atoms with E-state index < -0.39 is 0 Å². The molecule has 0 saturated carbocycles. The second kappa shape index (κ2) is 9.93. The number of aromatic nitrogens is 1. The van der Waals surface area contributed by atoms with Gasteiger partial charge in [0.05, 0.1) is 6.61 Å². The summed E-state index contributed by atoms with van der Waals surface area (Å²) in [6.07, 6.45) is 8.45. The number of nitrogens with one attached hydrogen (secondary N) is 1. The molecule has 2 amide bonds. The predicted molar refractivity (Wildman–Crippen MR) is 96.0 cm³/mol. The largest absolute Gasteiger partial charge is 0.395 e. The Hall–Kier alpha value is -2.08. The second-order valence-corrected chi connectivity index (χ2v) is 6.04. The number of hydrogen-bond donors (Lipinski definition) is 2. The van der Waals surface area contributed by atoms with Crippen molar-refractivity contribution in [2.24, 2.45) is 0 Å². The molecule has 0 aromatic carbocycles. The predicted octanol–water partition coefficient (Wildman–Crippen LogP) is 2.15. The number of aliphatic hydroxyl groups excluding tert-OH is 1. The lowest BCUT2D eigenvalue weighted by molar-refractivity contribution is 0.183. The number of anilines is 1. The molecule has 2 rings (SSSR count). The van der Waals surface area contributed by atoms with E-state index in [1.54, 1.807) is 12.3 Å². The molecule has 1 aliphatic rings. The second-order valence-electron chi connectivity index (χ2n) is 6.04. The van der Waals surface area contributed by atoms with Crippen LogP contribution in [0.15, 0.2) is 31.0 Å². The van der Waals surface area contributed by atoms with Crippen molar-refractivity contribution >= 4 is 11.8 Å². The Balaban J connectivity index is 1.93. The van der Waals surface area contributed by atoms with Gasteiger partial charge in [0, 0.05) is 38.9 Å². The van der Waals surface area contributed by atoms with Crippen LogP contribution in [0.5, 0.6) is 0 Å². The van der Waals surface area contributed by atoms with E-state index in [0.29, 0.717) is 19.6 Å². The molecule has 0 atom stereocenters. The highest BCUT2D eigenvalue weighted by molar-refractivity contribution is 5.74. The van der Waals surface area contributed by atoms with E-state index in [1.807, 2.05) is 6.07 Å². The highest BCUT2D eigenvalue weighted by Gasteiger charge is 2.13. The molecule has 0 unspecified atom stereocenters. The number of rotatable bonds is 7. The van der Waals surface area contributed by atoms with E-state index in [1.165, 1.54) is 30.6 Å². The molecule has 1 aromatic rings. The molecule has 0 aliphatic carbocycles. The lowest BCUT2D eigenvalue weighted by Gasteiger charge is -2.22. The van der Waals surface area contributed by atoms with E-state index in [0.717, 1.165) is 24.5 Å². The van der Waals surface area contributed by atoms with Crippen LogP contribution in [-0.2, 0) is 6.54 Å². The average Bonchev–Trinajstić information content (AvgIpc) is 2.89. The van der Waals surface area contributed by atoms with Crippen LogP contribution >= 0.6 is 0 Å². The summed E-state index contributed by atoms with van der Waals surface area (Å²) in [5.74, 6) is 0.988. The molecule has 6 nitrogen and oxygen atoms in total. The highest BCUT2D eigenvalue weighted by Crippen LogP contribution is 2.18. The van der Waals surface area contributed by atoms with Gasteiger partial charge < -0.3 is 20.2 Å². The Morgan fingerprint density at radius 3 is 2.79 bits per heavy atom. The van der Waals surface area contributed by atoms with Crippen molar-refractivity contribution in [1.82, 2.24) is 15.2 Å². The molecule has 1 aromatic heterocycles. The smallest absolute Gasteiger partial charge is 0.318 e. The molecule has 1 fully saturated rings. The molecule has 0 bridgehead atoms. The summed E-state index contributed by atoms with van der Waals surface area (Å²) in [7, 11) is 0. The third-order valence-corrected chi connectivity index (χ3v) is 4.19. The summed E-state index contributed by atoms with van der Waals surface area (Å²) >= 11 is 0. The third kappa shape index (κ3) is 5.53. The number of urea groups is 1. The molecule has 0 radical (unpaired) electrons. The van der Waals surface area contributed by atoms with Crippen molar-refractivity contribution < 1.29 is 9.90 Å². The van der Waals surface area contributed by atoms with Gasteiger partial charge in [-0.1, -0.05) is 18.9 Å². The topological polar surface area (TPSA) is 68.7 Å². The first-order valence-electron chi connectivity index (χ1n) is 8.69. The van der Waals surface area contributed by atoms with Crippen LogP contribution < -0.4 is 10.2 Å². The third-order valence-electron chi connectivity index (χ3n) is 4.19. The quantitative estimate of drug-likeness (QED) is 0.751. The van der Waals surface area contributed by atoms with Gasteiger partial charge in [-0.25, -0.2) is 9.78 Å². The van der Waals surface area contributed by atoms with Gasteiger partial charge in [0.15, 0.2) is 0 Å². The number of nitrogens with zero attached hydrogens (tertiary/aromatic N) is 3. The van der Waals surface area contributed by atoms with Crippen molar-refractivity contribution in [1.29, 1.82) is 0 Å². The lowest BCUT2D eigenvalue weighted by atomic mass is 10.2. The van der Waals surface area contributed by atoms with Crippen LogP contribution in [0.2, 0.25) is 0 Å². The number of pyridine rings is 1. The van der Waals surface area contributed by atoms with Crippen molar-refractivity contribution in [3.05, 3.63) is 36.5 Å². The van der Waals surface area contributed by atoms with E-state index in [4.69, 9.17) is 5.11 Å². The summed E-state index contributed by atoms with van der Waals surface area (Å²) in [5.41, 5.74) is 1.03. The zero-order valence-corrected chi connectivity index (χ0v) is 14.3. The van der Waals surface area contributed by atoms with Crippen molar-refractivity contribution in [3.8, 4) is 0 Å². The number of amides is 2. The molecule has 1 aliphatic heterocycles. The van der Waals surface area contributed by atoms with Crippen LogP contribution in [0.25, 0.3) is 0 Å². The first kappa shape index (κ1) is 18.3. The van der Waals surface area contributed by atoms with Crippen LogP contribution in [0.4, 0.5) is 10.6 Å². The van der Waals surface area contributed by atoms with Crippen molar-refractivity contribution in [3.63, 3.8) is 0 Å². The number of aliphatic hydroxyl groups is 1. The van der Waals surface area contributed by atoms with Crippen LogP contribution in [0.3, 0.4) is 0 Å². The Morgan fingerprint density at radius 2 is 2.12 bits per heavy atom. The van der Waals surface area contributed by atoms with E-state index in [-0.39, 0.29) is 12.6 Å². The molecule has 132 valence electrons. The number of carbonyl (C=O) groups is 1. The van der Waals surface area contributed by atoms with Gasteiger partial charge in [-0.15, -0.1) is 6.58 Å². The molecule has 0 spiro atoms. The van der Waals surface area contributed by atoms with Gasteiger partial charge in [0.2, 0.25) is 0 Å². The molecule has 24 heavy (non-hydrogen) atoms. The van der Waals surface area contributed by atoms with Gasteiger partial charge in [0.1, 0.15) is 5.82 Å². The van der Waals surface area contributed by atoms with Crippen LogP contribution in [0, 0.1) is 0 Å². The van der Waals surface area contributed by atoms with Crippen LogP contribution in [0.1, 0.15) is 31.2 Å². The standard InChI is InChI=1S/C18H28N4O2/c1-2-9-22(12-13-23)18(24)20-15-16-7-8-19-17(14-16)21-10-5-3-4-6-11-21/h2,7-8,14,23H,1,3-6,9-13,15H2,(H,20,24). The van der Waals surface area contributed by atoms with Gasteiger partial charge in [-0.3, -0.25) is 0 Å². The van der Waals surface area contributed by atoms with Gasteiger partial charge in [0.25, 0.3) is 0 Å². The molecule has 1 saturated heterocycles. The Labute approximate surface area is 144 Å². The summed E-state index contributed by atoms with van der Waals surface area (Å²) in [4.78, 5) is 20.5. The van der Waals surface area contributed by atoms with Gasteiger partial charge in [-0.05, 0) is 30.5 Å². The Kier molecular flexibility index (Phi) is 7.55. The normalized spacial score (nSPS) is 14.8. The fourth-order valence-electron chi connectivity index (χ4n) is 2.89. The summed E-state index contributed by atoms with van der Waals surface area (Å²) in [6.45, 7) is 6.84. The first-order chi connectivity index (χ1) is 11.7. The maximum atomic E-state index is 12.2. The minimum Gasteiger partial charge on any atom is -0.395 e. The SMILES string of the molecule is C=CCN(CCO)C(=O)NCc1ccnc(N2CCCCCC2)c1. The zero-order valence-electron chi connectivity index (χ0n) is 14.3. The Morgan fingerprint density at radius 1 is 1.38 bits per heavy atom. The first-order valence-corrected chi connectivity index (χ1v) is 8.69. The fraction of sp³-hybridized carbons (Fsp3) is 0.556. The van der Waals surface area contributed by atoms with Crippen molar-refractivity contribution in [2.75, 3.05) is 37.7 Å². The Bertz CT molecular complexity index is 528. The van der Waals surface area contributed by atoms with E-state index in [2.05, 4.69) is 27.8 Å². The summed E-state index contributed by atoms with van der Waals surface area (Å²) < 4.78 is 0. The van der Waals surface area contributed by atoms with Crippen molar-refractivity contribution in [2.45, 2.75) is 32.2 Å². The minimum atomic E-state index is -0.197. The average molecular weight is 332 g/mol. The van der Waals surface area contributed by atoms with Gasteiger partial charge in [-0.2, -0.15) is 0 Å².